The molecule has 1 aliphatic heterocycles. The molecule has 0 saturated carbocycles. The zero-order valence-corrected chi connectivity index (χ0v) is 16.0. The summed E-state index contributed by atoms with van der Waals surface area (Å²) in [5.41, 5.74) is 0.909. The van der Waals surface area contributed by atoms with Gasteiger partial charge in [-0.05, 0) is 12.1 Å². The molecule has 5 N–H and O–H groups in total. The van der Waals surface area contributed by atoms with Crippen LogP contribution in [0.25, 0.3) is 10.8 Å². The summed E-state index contributed by atoms with van der Waals surface area (Å²) >= 11 is 0. The van der Waals surface area contributed by atoms with E-state index in [1.165, 1.54) is 6.07 Å². The van der Waals surface area contributed by atoms with Gasteiger partial charge in [0.25, 0.3) is 0 Å². The Morgan fingerprint density at radius 1 is 1.04 bits per heavy atom. The third-order valence-electron chi connectivity index (χ3n) is 4.92. The van der Waals surface area contributed by atoms with Crippen molar-refractivity contribution in [3.63, 3.8) is 0 Å². The van der Waals surface area contributed by atoms with E-state index in [4.69, 9.17) is 0 Å². The molecule has 1 aliphatic rings. The second-order valence-corrected chi connectivity index (χ2v) is 8.65. The smallest absolute Gasteiger partial charge is 0.241 e. The minimum absolute atomic E-state index is 0.110. The van der Waals surface area contributed by atoms with E-state index >= 15 is 0 Å². The number of anilines is 1. The van der Waals surface area contributed by atoms with E-state index < -0.39 is 34.3 Å². The first-order valence-corrected chi connectivity index (χ1v) is 10.2. The summed E-state index contributed by atoms with van der Waals surface area (Å²) < 4.78 is 28.3. The van der Waals surface area contributed by atoms with E-state index in [1.54, 1.807) is 18.2 Å². The molecule has 27 heavy (non-hydrogen) atoms. The van der Waals surface area contributed by atoms with Crippen molar-refractivity contribution in [2.24, 2.45) is 0 Å². The first-order valence-electron chi connectivity index (χ1n) is 8.68. The quantitative estimate of drug-likeness (QED) is 0.436. The summed E-state index contributed by atoms with van der Waals surface area (Å²) in [7, 11) is -0.0595. The van der Waals surface area contributed by atoms with Crippen LogP contribution in [-0.2, 0) is 10.0 Å². The van der Waals surface area contributed by atoms with Crippen LogP contribution in [0.15, 0.2) is 41.3 Å². The minimum Gasteiger partial charge on any atom is -0.395 e. The average molecular weight is 395 g/mol. The highest BCUT2D eigenvalue weighted by Crippen LogP contribution is 2.30. The van der Waals surface area contributed by atoms with Crippen molar-refractivity contribution < 1.29 is 23.7 Å². The van der Waals surface area contributed by atoms with Crippen LogP contribution in [0.2, 0.25) is 0 Å². The average Bonchev–Trinajstić information content (AvgIpc) is 2.93. The van der Waals surface area contributed by atoms with Crippen molar-refractivity contribution in [2.75, 3.05) is 32.1 Å². The summed E-state index contributed by atoms with van der Waals surface area (Å²) in [5, 5.41) is 33.3. The molecule has 0 aliphatic carbocycles. The Hall–Kier alpha value is -1.75. The van der Waals surface area contributed by atoms with Crippen molar-refractivity contribution in [3.05, 3.63) is 36.4 Å². The molecule has 148 valence electrons. The van der Waals surface area contributed by atoms with Gasteiger partial charge < -0.3 is 25.5 Å². The summed E-state index contributed by atoms with van der Waals surface area (Å²) in [6.45, 7) is -0.459. The predicted molar refractivity (Wildman–Crippen MR) is 103 cm³/mol. The lowest BCUT2D eigenvalue weighted by Gasteiger charge is -2.19. The maximum absolute atomic E-state index is 12.9. The Kier molecular flexibility index (Phi) is 5.71. The van der Waals surface area contributed by atoms with Gasteiger partial charge in [-0.2, -0.15) is 0 Å². The second kappa shape index (κ2) is 7.70. The summed E-state index contributed by atoms with van der Waals surface area (Å²) in [6, 6.07) is 9.20. The van der Waals surface area contributed by atoms with Gasteiger partial charge in [0.1, 0.15) is 0 Å². The van der Waals surface area contributed by atoms with E-state index in [1.807, 2.05) is 31.1 Å². The second-order valence-electron chi connectivity index (χ2n) is 6.92. The molecule has 8 nitrogen and oxygen atoms in total. The number of aliphatic hydroxyl groups is 3. The largest absolute Gasteiger partial charge is 0.395 e. The van der Waals surface area contributed by atoms with Gasteiger partial charge in [0, 0.05) is 43.1 Å². The van der Waals surface area contributed by atoms with Gasteiger partial charge in [-0.25, -0.2) is 13.1 Å². The van der Waals surface area contributed by atoms with E-state index in [-0.39, 0.29) is 18.0 Å². The van der Waals surface area contributed by atoms with E-state index in [0.29, 0.717) is 5.39 Å². The zero-order chi connectivity index (χ0) is 19.8. The van der Waals surface area contributed by atoms with Gasteiger partial charge in [-0.15, -0.1) is 0 Å². The molecule has 0 spiro atoms. The molecule has 1 fully saturated rings. The summed E-state index contributed by atoms with van der Waals surface area (Å²) in [6.07, 6.45) is -2.32. The van der Waals surface area contributed by atoms with E-state index in [0.717, 1.165) is 11.1 Å². The van der Waals surface area contributed by atoms with Crippen LogP contribution in [-0.4, -0.2) is 75.3 Å². The molecule has 2 aromatic rings. The summed E-state index contributed by atoms with van der Waals surface area (Å²) in [5.74, 6) is 0. The molecule has 0 aromatic heterocycles. The maximum atomic E-state index is 12.9. The SMILES string of the molecule is CN(C)c1cccc2c(S(=O)(=O)NC[C@H]3N[C@H](CO)[C@H](O)[C@@H]3O)cccc12. The monoisotopic (exact) mass is 395 g/mol. The minimum atomic E-state index is -3.85. The van der Waals surface area contributed by atoms with Gasteiger partial charge in [0.05, 0.1) is 29.8 Å². The Bertz CT molecular complexity index is 918. The number of aliphatic hydroxyl groups excluding tert-OH is 3. The van der Waals surface area contributed by atoms with Crippen molar-refractivity contribution in [2.45, 2.75) is 29.2 Å². The number of fused-ring (bicyclic) bond motifs is 1. The molecular weight excluding hydrogens is 370 g/mol. The zero-order valence-electron chi connectivity index (χ0n) is 15.2. The molecule has 2 aromatic carbocycles. The molecule has 9 heteroatoms. The predicted octanol–water partition coefficient (Wildman–Crippen LogP) is -0.761. The Morgan fingerprint density at radius 3 is 2.30 bits per heavy atom. The lowest BCUT2D eigenvalue weighted by molar-refractivity contribution is 0.0202. The van der Waals surface area contributed by atoms with Gasteiger partial charge in [0.2, 0.25) is 10.0 Å². The fourth-order valence-corrected chi connectivity index (χ4v) is 4.73. The molecular formula is C18H25N3O5S. The Morgan fingerprint density at radius 2 is 1.67 bits per heavy atom. The van der Waals surface area contributed by atoms with Gasteiger partial charge in [-0.3, -0.25) is 0 Å². The molecule has 0 bridgehead atoms. The first kappa shape index (κ1) is 20.0. The van der Waals surface area contributed by atoms with Crippen LogP contribution in [0.5, 0.6) is 0 Å². The van der Waals surface area contributed by atoms with Gasteiger partial charge >= 0.3 is 0 Å². The third kappa shape index (κ3) is 3.79. The van der Waals surface area contributed by atoms with Crippen molar-refractivity contribution in [1.29, 1.82) is 0 Å². The standard InChI is InChI=1S/C18H25N3O5S/c1-21(2)15-7-3-6-12-11(15)5-4-8-16(12)27(25,26)19-9-13-17(23)18(24)14(10-22)20-13/h3-8,13-14,17-20,22-24H,9-10H2,1-2H3/t13-,14-,17-,18+/m1/s1. The Balaban J connectivity index is 1.87. The molecule has 0 radical (unpaired) electrons. The first-order chi connectivity index (χ1) is 12.8. The van der Waals surface area contributed by atoms with Crippen molar-refractivity contribution >= 4 is 26.5 Å². The number of nitrogens with one attached hydrogen (secondary N) is 2. The molecule has 1 saturated heterocycles. The van der Waals surface area contributed by atoms with Crippen molar-refractivity contribution in [1.82, 2.24) is 10.0 Å². The molecule has 0 unspecified atom stereocenters. The molecule has 1 heterocycles. The number of hydrogen-bond acceptors (Lipinski definition) is 7. The highest BCUT2D eigenvalue weighted by atomic mass is 32.2. The van der Waals surface area contributed by atoms with E-state index in [2.05, 4.69) is 10.0 Å². The third-order valence-corrected chi connectivity index (χ3v) is 6.40. The molecule has 3 rings (SSSR count). The fraction of sp³-hybridized carbons (Fsp3) is 0.444. The normalized spacial score (nSPS) is 25.8. The Labute approximate surface area is 158 Å². The number of rotatable bonds is 6. The number of benzene rings is 2. The van der Waals surface area contributed by atoms with Crippen LogP contribution in [0.1, 0.15) is 0 Å². The van der Waals surface area contributed by atoms with Crippen LogP contribution in [0.4, 0.5) is 5.69 Å². The number of nitrogens with zero attached hydrogens (tertiary/aromatic N) is 1. The lowest BCUT2D eigenvalue weighted by atomic mass is 10.1. The highest BCUT2D eigenvalue weighted by Gasteiger charge is 2.40. The van der Waals surface area contributed by atoms with Crippen LogP contribution in [0.3, 0.4) is 0 Å². The van der Waals surface area contributed by atoms with Gasteiger partial charge in [-0.1, -0.05) is 24.3 Å². The highest BCUT2D eigenvalue weighted by molar-refractivity contribution is 7.89. The lowest BCUT2D eigenvalue weighted by Crippen LogP contribution is -2.44. The maximum Gasteiger partial charge on any atom is 0.241 e. The number of hydrogen-bond donors (Lipinski definition) is 5. The molecule has 4 atom stereocenters. The summed E-state index contributed by atoms with van der Waals surface area (Å²) in [4.78, 5) is 2.07. The van der Waals surface area contributed by atoms with Crippen LogP contribution >= 0.6 is 0 Å². The van der Waals surface area contributed by atoms with E-state index in [9.17, 15) is 23.7 Å². The van der Waals surface area contributed by atoms with Crippen LogP contribution < -0.4 is 14.9 Å². The molecule has 0 amide bonds. The van der Waals surface area contributed by atoms with Crippen LogP contribution in [0, 0.1) is 0 Å². The number of sulfonamides is 1. The van der Waals surface area contributed by atoms with Gasteiger partial charge in [0.15, 0.2) is 0 Å². The van der Waals surface area contributed by atoms with Crippen molar-refractivity contribution in [3.8, 4) is 0 Å². The fourth-order valence-electron chi connectivity index (χ4n) is 3.45. The topological polar surface area (TPSA) is 122 Å².